The molecule has 0 aliphatic rings. The summed E-state index contributed by atoms with van der Waals surface area (Å²) < 4.78 is 61.8. The van der Waals surface area contributed by atoms with Gasteiger partial charge in [0.05, 0.1) is 51.1 Å². The Balaban J connectivity index is 1.33. The molecule has 0 saturated heterocycles. The second-order valence-electron chi connectivity index (χ2n) is 8.45. The summed E-state index contributed by atoms with van der Waals surface area (Å²) in [6, 6.07) is 8.31. The lowest BCUT2D eigenvalue weighted by Gasteiger charge is -2.12. The van der Waals surface area contributed by atoms with Crippen LogP contribution in [0.4, 0.5) is 19.0 Å². The number of nitrogens with one attached hydrogen (secondary N) is 1. The summed E-state index contributed by atoms with van der Waals surface area (Å²) in [6.45, 7) is 1.91. The van der Waals surface area contributed by atoms with Crippen LogP contribution < -0.4 is 24.3 Å². The van der Waals surface area contributed by atoms with E-state index in [0.717, 1.165) is 10.9 Å². The Hall–Kier alpha value is -5.47. The van der Waals surface area contributed by atoms with Crippen molar-refractivity contribution in [1.82, 2.24) is 29.7 Å². The number of ether oxygens (including phenoxy) is 4. The topological polar surface area (TPSA) is 135 Å². The number of carbonyl (C=O) groups is 1. The maximum Gasteiger partial charge on any atom is 0.434 e. The molecule has 0 fully saturated rings. The van der Waals surface area contributed by atoms with Gasteiger partial charge in [-0.25, -0.2) is 19.6 Å². The Morgan fingerprint density at radius 1 is 0.929 bits per heavy atom. The molecule has 15 heteroatoms. The van der Waals surface area contributed by atoms with Crippen LogP contribution in [-0.4, -0.2) is 56.5 Å². The molecule has 1 N–H and O–H groups in total. The van der Waals surface area contributed by atoms with Crippen LogP contribution in [-0.2, 0) is 6.18 Å². The van der Waals surface area contributed by atoms with Crippen LogP contribution in [0.1, 0.15) is 23.1 Å². The Bertz CT molecular complexity index is 1730. The summed E-state index contributed by atoms with van der Waals surface area (Å²) in [6.07, 6.45) is 1.17. The molecule has 0 saturated carbocycles. The molecule has 0 atom stereocenters. The summed E-state index contributed by atoms with van der Waals surface area (Å²) in [5, 5.41) is 7.43. The third kappa shape index (κ3) is 5.84. The quantitative estimate of drug-likeness (QED) is 0.251. The van der Waals surface area contributed by atoms with Crippen LogP contribution >= 0.6 is 0 Å². The van der Waals surface area contributed by atoms with E-state index >= 15 is 0 Å². The molecule has 4 heterocycles. The van der Waals surface area contributed by atoms with Crippen molar-refractivity contribution in [2.75, 3.05) is 26.1 Å². The van der Waals surface area contributed by atoms with Crippen molar-refractivity contribution >= 4 is 22.6 Å². The van der Waals surface area contributed by atoms with Crippen LogP contribution in [0, 0.1) is 0 Å². The molecule has 0 aliphatic heterocycles. The maximum atomic E-state index is 13.0. The number of nitrogens with zero attached hydrogens (tertiary/aromatic N) is 6. The predicted molar refractivity (Wildman–Crippen MR) is 142 cm³/mol. The molecule has 5 rings (SSSR count). The van der Waals surface area contributed by atoms with Gasteiger partial charge in [-0.3, -0.25) is 9.78 Å². The molecular formula is C27H22F3N7O5. The van der Waals surface area contributed by atoms with Gasteiger partial charge in [-0.15, -0.1) is 0 Å². The number of hydrogen-bond donors (Lipinski definition) is 1. The fourth-order valence-electron chi connectivity index (χ4n) is 3.83. The third-order valence-electron chi connectivity index (χ3n) is 5.77. The zero-order chi connectivity index (χ0) is 29.9. The average Bonchev–Trinajstić information content (AvgIpc) is 3.41. The summed E-state index contributed by atoms with van der Waals surface area (Å²) >= 11 is 0. The van der Waals surface area contributed by atoms with Gasteiger partial charge in [0.15, 0.2) is 34.5 Å². The molecule has 0 aliphatic carbocycles. The number of amides is 1. The maximum absolute atomic E-state index is 13.0. The number of pyridine rings is 2. The predicted octanol–water partition coefficient (Wildman–Crippen LogP) is 5.08. The fourth-order valence-corrected chi connectivity index (χ4v) is 3.83. The average molecular weight is 582 g/mol. The Morgan fingerprint density at radius 2 is 1.71 bits per heavy atom. The Kier molecular flexibility index (Phi) is 7.73. The van der Waals surface area contributed by atoms with Gasteiger partial charge >= 0.3 is 6.18 Å². The Labute approximate surface area is 236 Å². The number of rotatable bonds is 9. The molecule has 4 aromatic heterocycles. The van der Waals surface area contributed by atoms with Crippen LogP contribution in [0.3, 0.4) is 0 Å². The normalized spacial score (nSPS) is 11.3. The monoisotopic (exact) mass is 581 g/mol. The molecule has 1 aromatic carbocycles. The zero-order valence-corrected chi connectivity index (χ0v) is 22.3. The number of halogens is 3. The van der Waals surface area contributed by atoms with Gasteiger partial charge in [0.1, 0.15) is 17.3 Å². The van der Waals surface area contributed by atoms with Crippen molar-refractivity contribution in [3.05, 3.63) is 72.7 Å². The molecule has 42 heavy (non-hydrogen) atoms. The first kappa shape index (κ1) is 28.1. The number of benzene rings is 1. The summed E-state index contributed by atoms with van der Waals surface area (Å²) in [7, 11) is 3.06. The molecule has 12 nitrogen and oxygen atoms in total. The van der Waals surface area contributed by atoms with Crippen molar-refractivity contribution in [2.24, 2.45) is 0 Å². The van der Waals surface area contributed by atoms with E-state index in [-0.39, 0.29) is 29.7 Å². The summed E-state index contributed by atoms with van der Waals surface area (Å²) in [5.74, 6) is 1.49. The first-order chi connectivity index (χ1) is 20.2. The molecule has 1 amide bonds. The first-order valence-corrected chi connectivity index (χ1v) is 12.3. The molecule has 0 unspecified atom stereocenters. The molecule has 216 valence electrons. The van der Waals surface area contributed by atoms with Crippen molar-refractivity contribution < 1.29 is 36.9 Å². The number of fused-ring (bicyclic) bond motifs is 1. The van der Waals surface area contributed by atoms with Gasteiger partial charge < -0.3 is 24.3 Å². The molecule has 5 aromatic rings. The van der Waals surface area contributed by atoms with Gasteiger partial charge in [-0.05, 0) is 31.2 Å². The van der Waals surface area contributed by atoms with Crippen LogP contribution in [0.25, 0.3) is 16.7 Å². The van der Waals surface area contributed by atoms with E-state index in [2.05, 4.69) is 30.4 Å². The number of hydrogen-bond acceptors (Lipinski definition) is 10. The van der Waals surface area contributed by atoms with Gasteiger partial charge in [0, 0.05) is 17.6 Å². The van der Waals surface area contributed by atoms with Crippen LogP contribution in [0.5, 0.6) is 28.7 Å². The van der Waals surface area contributed by atoms with E-state index in [0.29, 0.717) is 40.1 Å². The largest absolute Gasteiger partial charge is 0.493 e. The lowest BCUT2D eigenvalue weighted by atomic mass is 10.2. The van der Waals surface area contributed by atoms with Crippen LogP contribution in [0.2, 0.25) is 0 Å². The molecule has 0 spiro atoms. The first-order valence-electron chi connectivity index (χ1n) is 12.3. The Morgan fingerprint density at radius 3 is 2.36 bits per heavy atom. The molecule has 0 bridgehead atoms. The van der Waals surface area contributed by atoms with E-state index in [1.807, 2.05) is 0 Å². The zero-order valence-electron chi connectivity index (χ0n) is 22.3. The van der Waals surface area contributed by atoms with E-state index in [1.54, 1.807) is 37.4 Å². The lowest BCUT2D eigenvalue weighted by Crippen LogP contribution is -2.15. The SMILES string of the molecule is CCOc1cn(-c2cnc(C(F)(F)F)cn2)nc1C(=O)Nc1ccc(Oc2ccnc3cc(OC)c(OC)cc23)cn1. The number of alkyl halides is 3. The fraction of sp³-hybridized carbons (Fsp3) is 0.185. The van der Waals surface area contributed by atoms with E-state index < -0.39 is 17.8 Å². The van der Waals surface area contributed by atoms with Crippen molar-refractivity contribution in [3.8, 4) is 34.6 Å². The molecular weight excluding hydrogens is 559 g/mol. The van der Waals surface area contributed by atoms with Gasteiger partial charge in [0.2, 0.25) is 0 Å². The summed E-state index contributed by atoms with van der Waals surface area (Å²) in [5.41, 5.74) is -0.654. The van der Waals surface area contributed by atoms with Crippen molar-refractivity contribution in [2.45, 2.75) is 13.1 Å². The number of methoxy groups -OCH3 is 2. The van der Waals surface area contributed by atoms with Gasteiger partial charge in [-0.1, -0.05) is 0 Å². The smallest absolute Gasteiger partial charge is 0.434 e. The minimum atomic E-state index is -4.64. The number of aromatic nitrogens is 6. The highest BCUT2D eigenvalue weighted by Gasteiger charge is 2.33. The second kappa shape index (κ2) is 11.6. The number of anilines is 1. The minimum Gasteiger partial charge on any atom is -0.493 e. The highest BCUT2D eigenvalue weighted by Crippen LogP contribution is 2.37. The van der Waals surface area contributed by atoms with E-state index in [9.17, 15) is 18.0 Å². The van der Waals surface area contributed by atoms with Crippen molar-refractivity contribution in [3.63, 3.8) is 0 Å². The standard InChI is InChI=1S/C27H22F3N7O5/c1-4-41-21-14-37(24-13-32-22(12-34-24)27(28,29)30)36-25(21)26(38)35-23-6-5-15(11-33-23)42-18-7-8-31-17-10-20(40-3)19(39-2)9-16(17)18/h5-14H,4H2,1-3H3,(H,33,35,38). The third-order valence-corrected chi connectivity index (χ3v) is 5.77. The highest BCUT2D eigenvalue weighted by atomic mass is 19.4. The van der Waals surface area contributed by atoms with Gasteiger partial charge in [0.25, 0.3) is 5.91 Å². The van der Waals surface area contributed by atoms with Crippen molar-refractivity contribution in [1.29, 1.82) is 0 Å². The van der Waals surface area contributed by atoms with E-state index in [1.165, 1.54) is 32.7 Å². The highest BCUT2D eigenvalue weighted by molar-refractivity contribution is 6.04. The minimum absolute atomic E-state index is 0.0395. The second-order valence-corrected chi connectivity index (χ2v) is 8.45. The lowest BCUT2D eigenvalue weighted by molar-refractivity contribution is -0.141. The number of carbonyl (C=O) groups excluding carboxylic acids is 1. The van der Waals surface area contributed by atoms with Gasteiger partial charge in [-0.2, -0.15) is 18.3 Å². The summed E-state index contributed by atoms with van der Waals surface area (Å²) in [4.78, 5) is 28.7. The van der Waals surface area contributed by atoms with E-state index in [4.69, 9.17) is 18.9 Å². The molecule has 0 radical (unpaired) electrons. The van der Waals surface area contributed by atoms with Crippen LogP contribution in [0.15, 0.2) is 61.3 Å².